The number of amides is 2. The van der Waals surface area contributed by atoms with Gasteiger partial charge in [-0.15, -0.1) is 0 Å². The number of nitrogens with zero attached hydrogens (tertiary/aromatic N) is 5. The number of likely N-dealkylation sites (tertiary alicyclic amines) is 1. The first kappa shape index (κ1) is 18.4. The van der Waals surface area contributed by atoms with E-state index in [0.29, 0.717) is 19.5 Å². The second-order valence-electron chi connectivity index (χ2n) is 9.00. The molecule has 158 valence electrons. The number of carbonyl (C=O) groups excluding carboxylic acids is 2. The van der Waals surface area contributed by atoms with Crippen molar-refractivity contribution in [3.05, 3.63) is 66.5 Å². The Labute approximate surface area is 179 Å². The number of benzene rings is 1. The molecule has 4 heterocycles. The zero-order valence-electron chi connectivity index (χ0n) is 17.4. The highest BCUT2D eigenvalue weighted by molar-refractivity contribution is 6.07. The third-order valence-corrected chi connectivity index (χ3v) is 7.28. The number of anilines is 1. The SMILES string of the molecule is Cn1ccnc1[C@@H]1N(C(=O)C2(Cn3cccn3)CC2)CC[C@]12C(=O)Nc1ccccc12. The van der Waals surface area contributed by atoms with Crippen LogP contribution in [0.3, 0.4) is 0 Å². The average molecular weight is 416 g/mol. The van der Waals surface area contributed by atoms with Crippen molar-refractivity contribution in [2.24, 2.45) is 12.5 Å². The van der Waals surface area contributed by atoms with Gasteiger partial charge in [-0.05, 0) is 37.0 Å². The summed E-state index contributed by atoms with van der Waals surface area (Å²) in [5.74, 6) is 0.798. The molecule has 1 N–H and O–H groups in total. The first-order chi connectivity index (χ1) is 15.1. The van der Waals surface area contributed by atoms with Crippen molar-refractivity contribution in [3.63, 3.8) is 0 Å². The highest BCUT2D eigenvalue weighted by Gasteiger charge is 2.63. The predicted octanol–water partition coefficient (Wildman–Crippen LogP) is 2.26. The van der Waals surface area contributed by atoms with Crippen LogP contribution in [0.5, 0.6) is 0 Å². The number of hydrogen-bond acceptors (Lipinski definition) is 4. The van der Waals surface area contributed by atoms with Gasteiger partial charge >= 0.3 is 0 Å². The van der Waals surface area contributed by atoms with E-state index < -0.39 is 16.9 Å². The lowest BCUT2D eigenvalue weighted by molar-refractivity contribution is -0.140. The van der Waals surface area contributed by atoms with Crippen LogP contribution in [0.15, 0.2) is 55.1 Å². The quantitative estimate of drug-likeness (QED) is 0.707. The minimum atomic E-state index is -0.826. The summed E-state index contributed by atoms with van der Waals surface area (Å²) in [6, 6.07) is 9.26. The van der Waals surface area contributed by atoms with Crippen LogP contribution in [-0.2, 0) is 28.6 Å². The van der Waals surface area contributed by atoms with Crippen LogP contribution in [0.1, 0.15) is 36.7 Å². The van der Waals surface area contributed by atoms with Crippen LogP contribution in [0.4, 0.5) is 5.69 Å². The number of carbonyl (C=O) groups is 2. The van der Waals surface area contributed by atoms with Gasteiger partial charge in [-0.3, -0.25) is 14.3 Å². The summed E-state index contributed by atoms with van der Waals surface area (Å²) in [5.41, 5.74) is 0.516. The molecule has 8 heteroatoms. The lowest BCUT2D eigenvalue weighted by Crippen LogP contribution is -2.46. The summed E-state index contributed by atoms with van der Waals surface area (Å²) in [4.78, 5) is 33.9. The number of para-hydroxylation sites is 1. The summed E-state index contributed by atoms with van der Waals surface area (Å²) in [6.45, 7) is 1.09. The maximum atomic E-state index is 13.9. The monoisotopic (exact) mass is 416 g/mol. The van der Waals surface area contributed by atoms with E-state index in [-0.39, 0.29) is 11.8 Å². The first-order valence-corrected chi connectivity index (χ1v) is 10.7. The Balaban J connectivity index is 1.45. The van der Waals surface area contributed by atoms with Gasteiger partial charge in [-0.25, -0.2) is 4.98 Å². The molecule has 1 aliphatic carbocycles. The second-order valence-corrected chi connectivity index (χ2v) is 9.00. The number of aromatic nitrogens is 4. The summed E-state index contributed by atoms with van der Waals surface area (Å²) in [5, 5.41) is 7.38. The predicted molar refractivity (Wildman–Crippen MR) is 113 cm³/mol. The summed E-state index contributed by atoms with van der Waals surface area (Å²) in [7, 11) is 1.92. The normalized spacial score (nSPS) is 25.6. The highest BCUT2D eigenvalue weighted by atomic mass is 16.2. The first-order valence-electron chi connectivity index (χ1n) is 10.7. The Bertz CT molecular complexity index is 1180. The molecule has 3 aromatic rings. The molecule has 1 saturated heterocycles. The summed E-state index contributed by atoms with van der Waals surface area (Å²) in [6.07, 6.45) is 9.50. The fourth-order valence-corrected chi connectivity index (χ4v) is 5.50. The van der Waals surface area contributed by atoms with Crippen molar-refractivity contribution < 1.29 is 9.59 Å². The number of rotatable bonds is 4. The van der Waals surface area contributed by atoms with Crippen LogP contribution in [0.25, 0.3) is 0 Å². The molecule has 2 aliphatic heterocycles. The van der Waals surface area contributed by atoms with E-state index in [1.54, 1.807) is 12.4 Å². The van der Waals surface area contributed by atoms with Gasteiger partial charge in [0.05, 0.1) is 12.0 Å². The molecule has 2 aromatic heterocycles. The van der Waals surface area contributed by atoms with Gasteiger partial charge in [0, 0.05) is 44.1 Å². The van der Waals surface area contributed by atoms with Gasteiger partial charge in [0.2, 0.25) is 11.8 Å². The van der Waals surface area contributed by atoms with Gasteiger partial charge in [0.15, 0.2) is 0 Å². The van der Waals surface area contributed by atoms with E-state index in [9.17, 15) is 9.59 Å². The maximum absolute atomic E-state index is 13.9. The van der Waals surface area contributed by atoms with E-state index in [0.717, 1.165) is 29.9 Å². The van der Waals surface area contributed by atoms with Crippen molar-refractivity contribution in [1.82, 2.24) is 24.2 Å². The average Bonchev–Trinajstić information content (AvgIpc) is 3.16. The Kier molecular flexibility index (Phi) is 3.73. The molecule has 2 atom stereocenters. The topological polar surface area (TPSA) is 85.1 Å². The van der Waals surface area contributed by atoms with Crippen molar-refractivity contribution >= 4 is 17.5 Å². The zero-order valence-corrected chi connectivity index (χ0v) is 17.4. The smallest absolute Gasteiger partial charge is 0.237 e. The van der Waals surface area contributed by atoms with E-state index in [4.69, 9.17) is 0 Å². The molecular formula is C23H24N6O2. The number of nitrogens with one attached hydrogen (secondary N) is 1. The van der Waals surface area contributed by atoms with E-state index in [1.165, 1.54) is 0 Å². The van der Waals surface area contributed by atoms with Gasteiger partial charge in [0.25, 0.3) is 0 Å². The molecule has 31 heavy (non-hydrogen) atoms. The number of fused-ring (bicyclic) bond motifs is 2. The minimum Gasteiger partial charge on any atom is -0.336 e. The lowest BCUT2D eigenvalue weighted by Gasteiger charge is -2.35. The van der Waals surface area contributed by atoms with Crippen LogP contribution in [-0.4, -0.2) is 42.6 Å². The van der Waals surface area contributed by atoms with Crippen molar-refractivity contribution in [3.8, 4) is 0 Å². The van der Waals surface area contributed by atoms with Crippen LogP contribution < -0.4 is 5.32 Å². The van der Waals surface area contributed by atoms with E-state index in [1.807, 2.05) is 63.9 Å². The molecule has 6 rings (SSSR count). The molecule has 1 saturated carbocycles. The molecule has 2 amide bonds. The second kappa shape index (κ2) is 6.29. The minimum absolute atomic E-state index is 0.0473. The van der Waals surface area contributed by atoms with Gasteiger partial charge in [0.1, 0.15) is 17.3 Å². The van der Waals surface area contributed by atoms with Gasteiger partial charge in [-0.2, -0.15) is 5.10 Å². The molecular weight excluding hydrogens is 392 g/mol. The van der Waals surface area contributed by atoms with Crippen molar-refractivity contribution in [1.29, 1.82) is 0 Å². The molecule has 1 aromatic carbocycles. The molecule has 0 unspecified atom stereocenters. The number of hydrogen-bond donors (Lipinski definition) is 1. The fraction of sp³-hybridized carbons (Fsp3) is 0.391. The molecule has 0 bridgehead atoms. The fourth-order valence-electron chi connectivity index (χ4n) is 5.50. The Hall–Kier alpha value is -3.42. The lowest BCUT2D eigenvalue weighted by atomic mass is 9.74. The maximum Gasteiger partial charge on any atom is 0.237 e. The largest absolute Gasteiger partial charge is 0.336 e. The molecule has 2 fully saturated rings. The Morgan fingerprint density at radius 1 is 1.16 bits per heavy atom. The van der Waals surface area contributed by atoms with Crippen LogP contribution in [0.2, 0.25) is 0 Å². The summed E-state index contributed by atoms with van der Waals surface area (Å²) >= 11 is 0. The Morgan fingerprint density at radius 2 is 2.00 bits per heavy atom. The highest BCUT2D eigenvalue weighted by Crippen LogP contribution is 2.57. The standard InChI is InChI=1S/C23H24N6O2/c1-27-14-11-24-19(27)18-23(16-5-2-3-6-17(16)26-20(23)30)9-13-29(18)21(31)22(7-8-22)15-28-12-4-10-25-28/h2-6,10-12,14,18H,7-9,13,15H2,1H3,(H,26,30)/t18-,23+/m0/s1. The van der Waals surface area contributed by atoms with E-state index >= 15 is 0 Å². The molecule has 3 aliphatic rings. The third kappa shape index (κ3) is 2.47. The third-order valence-electron chi connectivity index (χ3n) is 7.28. The molecule has 8 nitrogen and oxygen atoms in total. The van der Waals surface area contributed by atoms with Gasteiger partial charge in [-0.1, -0.05) is 18.2 Å². The van der Waals surface area contributed by atoms with Crippen LogP contribution >= 0.6 is 0 Å². The van der Waals surface area contributed by atoms with Gasteiger partial charge < -0.3 is 14.8 Å². The Morgan fingerprint density at radius 3 is 2.71 bits per heavy atom. The number of imidazole rings is 1. The number of aryl methyl sites for hydroxylation is 1. The summed E-state index contributed by atoms with van der Waals surface area (Å²) < 4.78 is 3.77. The van der Waals surface area contributed by atoms with Crippen molar-refractivity contribution in [2.75, 3.05) is 11.9 Å². The zero-order chi connectivity index (χ0) is 21.2. The molecule has 0 radical (unpaired) electrons. The van der Waals surface area contributed by atoms with E-state index in [2.05, 4.69) is 15.4 Å². The van der Waals surface area contributed by atoms with Crippen molar-refractivity contribution in [2.45, 2.75) is 37.3 Å². The van der Waals surface area contributed by atoms with Crippen LogP contribution in [0, 0.1) is 5.41 Å². The molecule has 1 spiro atoms.